The third-order valence-corrected chi connectivity index (χ3v) is 3.94. The Kier molecular flexibility index (Phi) is 8.09. The maximum absolute atomic E-state index is 12.5. The number of nitrogens with one attached hydrogen (secondary N) is 1. The summed E-state index contributed by atoms with van der Waals surface area (Å²) in [5.41, 5.74) is 7.13. The summed E-state index contributed by atoms with van der Waals surface area (Å²) < 4.78 is 11.8. The molecule has 0 fully saturated rings. The lowest BCUT2D eigenvalue weighted by atomic mass is 10.2. The summed E-state index contributed by atoms with van der Waals surface area (Å²) in [4.78, 5) is 16.4. The second-order valence-electron chi connectivity index (χ2n) is 6.27. The van der Waals surface area contributed by atoms with Gasteiger partial charge in [0.1, 0.15) is 23.9 Å². The molecule has 0 bridgehead atoms. The second kappa shape index (κ2) is 10.8. The number of hydrogen-bond donors (Lipinski definition) is 2. The topological polar surface area (TPSA) is 85.9 Å². The van der Waals surface area contributed by atoms with Gasteiger partial charge < -0.3 is 20.5 Å². The van der Waals surface area contributed by atoms with Gasteiger partial charge in [-0.2, -0.15) is 4.99 Å². The summed E-state index contributed by atoms with van der Waals surface area (Å²) in [7, 11) is 1.73. The van der Waals surface area contributed by atoms with E-state index in [1.165, 1.54) is 6.08 Å². The van der Waals surface area contributed by atoms with Crippen LogP contribution in [0, 0.1) is 0 Å². The van der Waals surface area contributed by atoms with Gasteiger partial charge in [0.05, 0.1) is 6.10 Å². The highest BCUT2D eigenvalue weighted by molar-refractivity contribution is 6.06. The molecule has 0 unspecified atom stereocenters. The number of carbonyl (C=O) groups is 1. The fraction of sp³-hybridized carbons (Fsp3) is 0.273. The van der Waals surface area contributed by atoms with E-state index in [4.69, 9.17) is 15.2 Å². The maximum atomic E-state index is 12.5. The molecular formula is C22H29N3O3. The second-order valence-corrected chi connectivity index (χ2v) is 6.27. The van der Waals surface area contributed by atoms with Crippen molar-refractivity contribution in [2.24, 2.45) is 10.7 Å². The van der Waals surface area contributed by atoms with Gasteiger partial charge in [-0.15, -0.1) is 0 Å². The van der Waals surface area contributed by atoms with E-state index in [9.17, 15) is 4.79 Å². The van der Waals surface area contributed by atoms with E-state index in [2.05, 4.69) is 10.3 Å². The average molecular weight is 383 g/mol. The molecule has 0 saturated carbocycles. The van der Waals surface area contributed by atoms with Crippen molar-refractivity contribution in [2.45, 2.75) is 33.0 Å². The molecule has 0 aromatic heterocycles. The number of nitrogens with two attached hydrogens (primary N) is 1. The van der Waals surface area contributed by atoms with Crippen LogP contribution in [0.15, 0.2) is 65.8 Å². The minimum atomic E-state index is -0.461. The standard InChI is InChI=1S/C22H27N3O3.H2/c1-4-16(2)28-20-13-18(22(26)25-21(23)10-11-24-3)12-19(14-20)27-15-17-8-6-5-7-9-17;/h5-14,16,24H,4,15H2,1-3H3,(H2,23,25,26);1H/b11-10-;/t16-;/m0./s1. The lowest BCUT2D eigenvalue weighted by Crippen LogP contribution is -2.13. The summed E-state index contributed by atoms with van der Waals surface area (Å²) in [6, 6.07) is 14.9. The molecule has 6 heteroatoms. The first-order valence-corrected chi connectivity index (χ1v) is 9.22. The van der Waals surface area contributed by atoms with Crippen molar-refractivity contribution in [3.8, 4) is 11.5 Å². The Morgan fingerprint density at radius 2 is 1.96 bits per heavy atom. The van der Waals surface area contributed by atoms with Gasteiger partial charge in [-0.05, 0) is 43.3 Å². The number of carbonyl (C=O) groups excluding carboxylic acids is 1. The quantitative estimate of drug-likeness (QED) is 0.506. The summed E-state index contributed by atoms with van der Waals surface area (Å²) in [5, 5.41) is 2.80. The minimum absolute atomic E-state index is 0. The molecular weight excluding hydrogens is 354 g/mol. The predicted molar refractivity (Wildman–Crippen MR) is 114 cm³/mol. The van der Waals surface area contributed by atoms with Crippen LogP contribution in [-0.4, -0.2) is 24.9 Å². The van der Waals surface area contributed by atoms with Crippen molar-refractivity contribution in [1.82, 2.24) is 5.32 Å². The van der Waals surface area contributed by atoms with Crippen molar-refractivity contribution in [3.05, 3.63) is 71.9 Å². The number of amides is 1. The third kappa shape index (κ3) is 6.79. The van der Waals surface area contributed by atoms with Gasteiger partial charge in [-0.3, -0.25) is 4.79 Å². The Morgan fingerprint density at radius 3 is 2.64 bits per heavy atom. The Bertz CT molecular complexity index is 838. The fourth-order valence-corrected chi connectivity index (χ4v) is 2.29. The summed E-state index contributed by atoms with van der Waals surface area (Å²) in [6.45, 7) is 4.39. The predicted octanol–water partition coefficient (Wildman–Crippen LogP) is 3.92. The van der Waals surface area contributed by atoms with Crippen molar-refractivity contribution in [2.75, 3.05) is 7.05 Å². The zero-order valence-electron chi connectivity index (χ0n) is 16.5. The number of aliphatic imine (C=N–C) groups is 1. The van der Waals surface area contributed by atoms with Crippen LogP contribution in [0.4, 0.5) is 0 Å². The van der Waals surface area contributed by atoms with Crippen molar-refractivity contribution >= 4 is 11.7 Å². The van der Waals surface area contributed by atoms with Crippen molar-refractivity contribution < 1.29 is 15.7 Å². The Morgan fingerprint density at radius 1 is 1.25 bits per heavy atom. The number of amidine groups is 1. The van der Waals surface area contributed by atoms with Crippen LogP contribution in [0.2, 0.25) is 0 Å². The number of ether oxygens (including phenoxy) is 2. The average Bonchev–Trinajstić information content (AvgIpc) is 2.71. The van der Waals surface area contributed by atoms with Crippen LogP contribution in [0.5, 0.6) is 11.5 Å². The summed E-state index contributed by atoms with van der Waals surface area (Å²) >= 11 is 0. The highest BCUT2D eigenvalue weighted by Gasteiger charge is 2.12. The lowest BCUT2D eigenvalue weighted by Gasteiger charge is -2.15. The molecule has 0 saturated heterocycles. The molecule has 2 rings (SSSR count). The molecule has 1 amide bonds. The van der Waals surface area contributed by atoms with Crippen LogP contribution < -0.4 is 20.5 Å². The molecule has 6 nitrogen and oxygen atoms in total. The van der Waals surface area contributed by atoms with E-state index < -0.39 is 5.91 Å². The molecule has 28 heavy (non-hydrogen) atoms. The molecule has 0 aliphatic heterocycles. The summed E-state index contributed by atoms with van der Waals surface area (Å²) in [6.07, 6.45) is 3.98. The van der Waals surface area contributed by atoms with Gasteiger partial charge in [-0.1, -0.05) is 37.3 Å². The molecule has 0 radical (unpaired) electrons. The van der Waals surface area contributed by atoms with Gasteiger partial charge in [0, 0.05) is 20.1 Å². The monoisotopic (exact) mass is 383 g/mol. The van der Waals surface area contributed by atoms with Crippen LogP contribution in [0.3, 0.4) is 0 Å². The molecule has 0 spiro atoms. The van der Waals surface area contributed by atoms with E-state index in [1.807, 2.05) is 44.2 Å². The van der Waals surface area contributed by atoms with Crippen LogP contribution in [0.25, 0.3) is 0 Å². The van der Waals surface area contributed by atoms with Crippen LogP contribution >= 0.6 is 0 Å². The van der Waals surface area contributed by atoms with E-state index in [1.54, 1.807) is 31.4 Å². The van der Waals surface area contributed by atoms with E-state index >= 15 is 0 Å². The highest BCUT2D eigenvalue weighted by Crippen LogP contribution is 2.26. The Labute approximate surface area is 167 Å². The SMILES string of the molecule is CC[C@H](C)Oc1cc(OCc2ccccc2)cc(C(=O)N=C(N)/C=C\NC)c1.[HH]. The Hall–Kier alpha value is -3.28. The summed E-state index contributed by atoms with van der Waals surface area (Å²) in [5.74, 6) is 0.743. The fourth-order valence-electron chi connectivity index (χ4n) is 2.29. The van der Waals surface area contributed by atoms with Gasteiger partial charge >= 0.3 is 0 Å². The minimum Gasteiger partial charge on any atom is -0.491 e. The van der Waals surface area contributed by atoms with Gasteiger partial charge in [0.25, 0.3) is 5.91 Å². The molecule has 0 aliphatic rings. The lowest BCUT2D eigenvalue weighted by molar-refractivity contribution is 0.100. The highest BCUT2D eigenvalue weighted by atomic mass is 16.5. The molecule has 0 heterocycles. The zero-order valence-corrected chi connectivity index (χ0v) is 16.5. The first-order chi connectivity index (χ1) is 13.5. The van der Waals surface area contributed by atoms with Gasteiger partial charge in [0.2, 0.25) is 0 Å². The van der Waals surface area contributed by atoms with Crippen molar-refractivity contribution in [3.63, 3.8) is 0 Å². The normalized spacial score (nSPS) is 12.6. The Balaban J connectivity index is 0.00000420. The number of nitrogens with zero attached hydrogens (tertiary/aromatic N) is 1. The third-order valence-electron chi connectivity index (χ3n) is 3.94. The number of benzene rings is 2. The van der Waals surface area contributed by atoms with E-state index in [-0.39, 0.29) is 13.4 Å². The smallest absolute Gasteiger partial charge is 0.279 e. The maximum Gasteiger partial charge on any atom is 0.279 e. The first-order valence-electron chi connectivity index (χ1n) is 9.22. The molecule has 2 aromatic carbocycles. The molecule has 0 aliphatic carbocycles. The van der Waals surface area contributed by atoms with Crippen molar-refractivity contribution in [1.29, 1.82) is 0 Å². The molecule has 2 aromatic rings. The van der Waals surface area contributed by atoms with Gasteiger partial charge in [-0.25, -0.2) is 0 Å². The first kappa shape index (κ1) is 21.0. The van der Waals surface area contributed by atoms with E-state index in [0.29, 0.717) is 23.7 Å². The van der Waals surface area contributed by atoms with E-state index in [0.717, 1.165) is 12.0 Å². The van der Waals surface area contributed by atoms with Gasteiger partial charge in [0.15, 0.2) is 0 Å². The van der Waals surface area contributed by atoms with Crippen LogP contribution in [0.1, 0.15) is 37.6 Å². The molecule has 3 N–H and O–H groups in total. The number of rotatable bonds is 9. The largest absolute Gasteiger partial charge is 0.491 e. The zero-order chi connectivity index (χ0) is 20.4. The molecule has 1 atom stereocenters. The number of hydrogen-bond acceptors (Lipinski definition) is 4. The van der Waals surface area contributed by atoms with Crippen LogP contribution in [-0.2, 0) is 6.61 Å². The molecule has 150 valence electrons.